The van der Waals surface area contributed by atoms with E-state index in [0.717, 1.165) is 28.3 Å². The molecule has 0 aliphatic rings. The second-order valence-corrected chi connectivity index (χ2v) is 5.44. The average Bonchev–Trinajstić information content (AvgIpc) is 2.48. The van der Waals surface area contributed by atoms with E-state index in [4.69, 9.17) is 22.1 Å². The third-order valence-corrected chi connectivity index (χ3v) is 3.91. The largest absolute Gasteiger partial charge is 0.494 e. The number of aryl methyl sites for hydroxylation is 1. The smallest absolute Gasteiger partial charge is 0.123 e. The van der Waals surface area contributed by atoms with E-state index >= 15 is 0 Å². The Kier molecular flexibility index (Phi) is 5.59. The molecule has 0 aliphatic heterocycles. The van der Waals surface area contributed by atoms with Crippen LogP contribution in [0, 0.1) is 12.7 Å². The van der Waals surface area contributed by atoms with E-state index in [1.54, 1.807) is 12.1 Å². The number of hydrogen-bond donors (Lipinski definition) is 1. The average molecular weight is 308 g/mol. The van der Waals surface area contributed by atoms with Crippen molar-refractivity contribution in [3.05, 3.63) is 64.4 Å². The van der Waals surface area contributed by atoms with Gasteiger partial charge in [-0.25, -0.2) is 4.39 Å². The number of hydrogen-bond acceptors (Lipinski definition) is 2. The molecule has 112 valence electrons. The van der Waals surface area contributed by atoms with Crippen LogP contribution < -0.4 is 10.5 Å². The van der Waals surface area contributed by atoms with Crippen molar-refractivity contribution < 1.29 is 9.13 Å². The van der Waals surface area contributed by atoms with Crippen molar-refractivity contribution in [1.82, 2.24) is 0 Å². The summed E-state index contributed by atoms with van der Waals surface area (Å²) in [6, 6.07) is 12.1. The number of halogens is 2. The van der Waals surface area contributed by atoms with Gasteiger partial charge in [-0.2, -0.15) is 0 Å². The van der Waals surface area contributed by atoms with E-state index in [0.29, 0.717) is 13.2 Å². The van der Waals surface area contributed by atoms with Crippen molar-refractivity contribution in [3.63, 3.8) is 0 Å². The molecule has 0 saturated carbocycles. The van der Waals surface area contributed by atoms with Gasteiger partial charge >= 0.3 is 0 Å². The fraction of sp³-hybridized carbons (Fsp3) is 0.294. The minimum atomic E-state index is -0.234. The van der Waals surface area contributed by atoms with Crippen molar-refractivity contribution in [1.29, 1.82) is 0 Å². The highest BCUT2D eigenvalue weighted by Gasteiger charge is 2.10. The maximum absolute atomic E-state index is 12.9. The SMILES string of the molecule is Cc1cc(OCCC(CN)c2ccc(F)cc2)ccc1Cl. The molecule has 2 aromatic carbocycles. The number of rotatable bonds is 6. The zero-order chi connectivity index (χ0) is 15.2. The maximum atomic E-state index is 12.9. The van der Waals surface area contributed by atoms with Crippen LogP contribution in [0.3, 0.4) is 0 Å². The molecule has 0 bridgehead atoms. The molecule has 0 saturated heterocycles. The Bertz CT molecular complexity index is 586. The maximum Gasteiger partial charge on any atom is 0.123 e. The highest BCUT2D eigenvalue weighted by Crippen LogP contribution is 2.23. The molecule has 0 amide bonds. The summed E-state index contributed by atoms with van der Waals surface area (Å²) in [6.45, 7) is 3.01. The molecule has 1 unspecified atom stereocenters. The van der Waals surface area contributed by atoms with Crippen LogP contribution in [0.4, 0.5) is 4.39 Å². The van der Waals surface area contributed by atoms with Gasteiger partial charge < -0.3 is 10.5 Å². The highest BCUT2D eigenvalue weighted by atomic mass is 35.5. The molecule has 2 N–H and O–H groups in total. The quantitative estimate of drug-likeness (QED) is 0.863. The van der Waals surface area contributed by atoms with Gasteiger partial charge in [-0.15, -0.1) is 0 Å². The van der Waals surface area contributed by atoms with Gasteiger partial charge in [-0.05, 0) is 67.3 Å². The summed E-state index contributed by atoms with van der Waals surface area (Å²) >= 11 is 5.98. The second-order valence-electron chi connectivity index (χ2n) is 5.03. The molecule has 0 radical (unpaired) electrons. The van der Waals surface area contributed by atoms with Gasteiger partial charge in [0.1, 0.15) is 11.6 Å². The van der Waals surface area contributed by atoms with Crippen LogP contribution in [0.25, 0.3) is 0 Å². The molecule has 2 aromatic rings. The molecule has 2 nitrogen and oxygen atoms in total. The first-order valence-electron chi connectivity index (χ1n) is 6.94. The normalized spacial score (nSPS) is 12.2. The molecule has 0 spiro atoms. The van der Waals surface area contributed by atoms with Crippen LogP contribution in [0.5, 0.6) is 5.75 Å². The van der Waals surface area contributed by atoms with Crippen LogP contribution in [-0.4, -0.2) is 13.2 Å². The zero-order valence-electron chi connectivity index (χ0n) is 12.0. The van der Waals surface area contributed by atoms with Crippen LogP contribution in [0.2, 0.25) is 5.02 Å². The molecule has 0 aromatic heterocycles. The topological polar surface area (TPSA) is 35.2 Å². The van der Waals surface area contributed by atoms with Gasteiger partial charge in [0, 0.05) is 5.02 Å². The summed E-state index contributed by atoms with van der Waals surface area (Å²) in [5.74, 6) is 0.730. The molecule has 21 heavy (non-hydrogen) atoms. The van der Waals surface area contributed by atoms with Gasteiger partial charge in [-0.3, -0.25) is 0 Å². The Labute approximate surface area is 129 Å². The van der Waals surface area contributed by atoms with E-state index in [1.165, 1.54) is 12.1 Å². The fourth-order valence-electron chi connectivity index (χ4n) is 2.18. The molecule has 1 atom stereocenters. The van der Waals surface area contributed by atoms with Gasteiger partial charge in [0.25, 0.3) is 0 Å². The minimum absolute atomic E-state index is 0.166. The lowest BCUT2D eigenvalue weighted by atomic mass is 9.96. The van der Waals surface area contributed by atoms with Gasteiger partial charge in [0.05, 0.1) is 6.61 Å². The summed E-state index contributed by atoms with van der Waals surface area (Å²) in [4.78, 5) is 0. The number of ether oxygens (including phenoxy) is 1. The Morgan fingerprint density at radius 2 is 1.90 bits per heavy atom. The zero-order valence-corrected chi connectivity index (χ0v) is 12.7. The highest BCUT2D eigenvalue weighted by molar-refractivity contribution is 6.31. The molecule has 4 heteroatoms. The third-order valence-electron chi connectivity index (χ3n) is 3.49. The Hall–Kier alpha value is -1.58. The Balaban J connectivity index is 1.91. The standard InChI is InChI=1S/C17H19ClFNO/c1-12-10-16(6-7-17(12)18)21-9-8-14(11-20)13-2-4-15(19)5-3-13/h2-7,10,14H,8-9,11,20H2,1H3. The van der Waals surface area contributed by atoms with E-state index in [2.05, 4.69) is 0 Å². The van der Waals surface area contributed by atoms with Gasteiger partial charge in [0.2, 0.25) is 0 Å². The molecular formula is C17H19ClFNO. The second kappa shape index (κ2) is 7.43. The molecule has 0 fully saturated rings. The van der Waals surface area contributed by atoms with Gasteiger partial charge in [0.15, 0.2) is 0 Å². The van der Waals surface area contributed by atoms with Crippen molar-refractivity contribution in [2.24, 2.45) is 5.73 Å². The van der Waals surface area contributed by atoms with E-state index < -0.39 is 0 Å². The molecule has 2 rings (SSSR count). The molecular weight excluding hydrogens is 289 g/mol. The van der Waals surface area contributed by atoms with Gasteiger partial charge in [-0.1, -0.05) is 23.7 Å². The van der Waals surface area contributed by atoms with Crippen molar-refractivity contribution >= 4 is 11.6 Å². The first-order chi connectivity index (χ1) is 10.1. The number of nitrogens with two attached hydrogens (primary N) is 1. The van der Waals surface area contributed by atoms with Crippen LogP contribution >= 0.6 is 11.6 Å². The van der Waals surface area contributed by atoms with Crippen LogP contribution in [0.15, 0.2) is 42.5 Å². The minimum Gasteiger partial charge on any atom is -0.494 e. The van der Waals surface area contributed by atoms with Crippen LogP contribution in [0.1, 0.15) is 23.5 Å². The Morgan fingerprint density at radius 3 is 2.52 bits per heavy atom. The van der Waals surface area contributed by atoms with Crippen LogP contribution in [-0.2, 0) is 0 Å². The Morgan fingerprint density at radius 1 is 1.19 bits per heavy atom. The van der Waals surface area contributed by atoms with E-state index in [9.17, 15) is 4.39 Å². The molecule has 0 heterocycles. The summed E-state index contributed by atoms with van der Waals surface area (Å²) in [5.41, 5.74) is 7.83. The summed E-state index contributed by atoms with van der Waals surface area (Å²) in [7, 11) is 0. The van der Waals surface area contributed by atoms with E-state index in [-0.39, 0.29) is 11.7 Å². The summed E-state index contributed by atoms with van der Waals surface area (Å²) in [5, 5.41) is 0.730. The lowest BCUT2D eigenvalue weighted by Crippen LogP contribution is -2.15. The first-order valence-corrected chi connectivity index (χ1v) is 7.32. The van der Waals surface area contributed by atoms with Crippen molar-refractivity contribution in [2.45, 2.75) is 19.3 Å². The third kappa shape index (κ3) is 4.45. The summed E-state index contributed by atoms with van der Waals surface area (Å²) < 4.78 is 18.7. The number of benzene rings is 2. The van der Waals surface area contributed by atoms with Crippen molar-refractivity contribution in [3.8, 4) is 5.75 Å². The fourth-order valence-corrected chi connectivity index (χ4v) is 2.30. The lowest BCUT2D eigenvalue weighted by molar-refractivity contribution is 0.298. The predicted molar refractivity (Wildman–Crippen MR) is 84.5 cm³/mol. The van der Waals surface area contributed by atoms with Crippen molar-refractivity contribution in [2.75, 3.05) is 13.2 Å². The molecule has 0 aliphatic carbocycles. The van der Waals surface area contributed by atoms with E-state index in [1.807, 2.05) is 25.1 Å². The lowest BCUT2D eigenvalue weighted by Gasteiger charge is -2.16. The first kappa shape index (κ1) is 15.8. The monoisotopic (exact) mass is 307 g/mol. The summed E-state index contributed by atoms with van der Waals surface area (Å²) in [6.07, 6.45) is 0.782. The predicted octanol–water partition coefficient (Wildman–Crippen LogP) is 4.30.